The van der Waals surface area contributed by atoms with Gasteiger partial charge in [-0.25, -0.2) is 9.97 Å². The monoisotopic (exact) mass is 779 g/mol. The van der Waals surface area contributed by atoms with Gasteiger partial charge in [-0.2, -0.15) is 0 Å². The van der Waals surface area contributed by atoms with Crippen molar-refractivity contribution in [3.63, 3.8) is 0 Å². The van der Waals surface area contributed by atoms with Crippen LogP contribution in [0.15, 0.2) is 170 Å². The Kier molecular flexibility index (Phi) is 8.62. The summed E-state index contributed by atoms with van der Waals surface area (Å²) in [5.74, 6) is 0.655. The molecule has 8 rings (SSSR count). The summed E-state index contributed by atoms with van der Waals surface area (Å²) < 4.78 is 0. The smallest absolute Gasteiger partial charge is 0.142 e. The van der Waals surface area contributed by atoms with Crippen LogP contribution in [0.25, 0.3) is 78.2 Å². The molecule has 2 aromatic heterocycles. The molecule has 8 aromatic rings. The maximum atomic E-state index is 5.12. The Morgan fingerprint density at radius 1 is 0.426 bits per heavy atom. The van der Waals surface area contributed by atoms with E-state index in [1.165, 1.54) is 22.3 Å². The van der Waals surface area contributed by atoms with Gasteiger partial charge in [0.25, 0.3) is 0 Å². The number of benzene rings is 6. The van der Waals surface area contributed by atoms with E-state index in [1.807, 2.05) is 48.7 Å². The molecule has 0 unspecified atom stereocenters. The molecule has 0 fully saturated rings. The second-order valence-corrected chi connectivity index (χ2v) is 11.2. The van der Waals surface area contributed by atoms with Crippen molar-refractivity contribution in [3.05, 3.63) is 176 Å². The van der Waals surface area contributed by atoms with Crippen LogP contribution in [0.4, 0.5) is 0 Å². The van der Waals surface area contributed by atoms with Crippen LogP contribution in [0.1, 0.15) is 0 Å². The van der Waals surface area contributed by atoms with Gasteiger partial charge in [0.1, 0.15) is 5.82 Å². The van der Waals surface area contributed by atoms with Gasteiger partial charge in [0.05, 0.1) is 11.4 Å². The summed E-state index contributed by atoms with van der Waals surface area (Å²) in [6.45, 7) is 0. The van der Waals surface area contributed by atoms with Crippen LogP contribution in [-0.4, -0.2) is 15.0 Å². The minimum absolute atomic E-state index is 0. The Hall–Kier alpha value is -5.54. The van der Waals surface area contributed by atoms with E-state index in [-0.39, 0.29) is 20.1 Å². The van der Waals surface area contributed by atoms with Gasteiger partial charge in [-0.05, 0) is 50.9 Å². The molecule has 0 atom stereocenters. The normalized spacial score (nSPS) is 10.8. The number of nitrogens with zero attached hydrogens (tertiary/aromatic N) is 3. The molecule has 0 N–H and O–H groups in total. The van der Waals surface area contributed by atoms with E-state index in [9.17, 15) is 0 Å². The first kappa shape index (κ1) is 30.1. The average molecular weight is 779 g/mol. The van der Waals surface area contributed by atoms with Crippen LogP contribution in [0, 0.1) is 6.07 Å². The van der Waals surface area contributed by atoms with Crippen molar-refractivity contribution in [2.24, 2.45) is 0 Å². The summed E-state index contributed by atoms with van der Waals surface area (Å²) in [5.41, 5.74) is 11.2. The van der Waals surface area contributed by atoms with E-state index in [0.717, 1.165) is 50.1 Å². The third-order valence-corrected chi connectivity index (χ3v) is 8.29. The summed E-state index contributed by atoms with van der Waals surface area (Å²) >= 11 is 0. The van der Waals surface area contributed by atoms with Gasteiger partial charge < -0.3 is 4.98 Å². The maximum absolute atomic E-state index is 5.12. The molecule has 0 amide bonds. The Labute approximate surface area is 288 Å². The minimum atomic E-state index is 0. The Balaban J connectivity index is 0.00000351. The molecule has 1 radical (unpaired) electrons. The van der Waals surface area contributed by atoms with E-state index in [4.69, 9.17) is 15.0 Å². The summed E-state index contributed by atoms with van der Waals surface area (Å²) in [4.78, 5) is 15.0. The molecule has 0 saturated heterocycles. The molecular formula is C43H28IrN3-. The first-order valence-electron chi connectivity index (χ1n) is 15.4. The molecule has 0 spiro atoms. The fourth-order valence-corrected chi connectivity index (χ4v) is 5.88. The maximum Gasteiger partial charge on any atom is 0.142 e. The van der Waals surface area contributed by atoms with E-state index in [0.29, 0.717) is 5.82 Å². The van der Waals surface area contributed by atoms with E-state index in [1.54, 1.807) is 0 Å². The molecule has 0 aliphatic heterocycles. The topological polar surface area (TPSA) is 38.7 Å². The second kappa shape index (κ2) is 13.4. The summed E-state index contributed by atoms with van der Waals surface area (Å²) in [6, 6.07) is 59.9. The zero-order valence-electron chi connectivity index (χ0n) is 25.3. The molecule has 6 aromatic carbocycles. The average Bonchev–Trinajstić information content (AvgIpc) is 3.15. The van der Waals surface area contributed by atoms with Crippen LogP contribution in [0.5, 0.6) is 0 Å². The van der Waals surface area contributed by atoms with Gasteiger partial charge in [0.2, 0.25) is 0 Å². The fourth-order valence-electron chi connectivity index (χ4n) is 5.88. The van der Waals surface area contributed by atoms with Gasteiger partial charge in [0, 0.05) is 37.4 Å². The Morgan fingerprint density at radius 2 is 0.936 bits per heavy atom. The fraction of sp³-hybridized carbons (Fsp3) is 0. The van der Waals surface area contributed by atoms with Crippen molar-refractivity contribution < 1.29 is 20.1 Å². The third-order valence-electron chi connectivity index (χ3n) is 8.29. The summed E-state index contributed by atoms with van der Waals surface area (Å²) in [7, 11) is 0. The SMILES string of the molecule is [Ir].[c-]1ccc(-c2nc(-c3ccc(-c4ccccc4)cc3)cc(-c3ccc(-c4ccccc4)cc3)n2)cc1-c1nccc2ccccc12. The number of pyridine rings is 1. The molecule has 0 aliphatic carbocycles. The van der Waals surface area contributed by atoms with Crippen molar-refractivity contribution in [1.29, 1.82) is 0 Å². The molecule has 225 valence electrons. The first-order valence-corrected chi connectivity index (χ1v) is 15.4. The van der Waals surface area contributed by atoms with E-state index in [2.05, 4.69) is 127 Å². The quantitative estimate of drug-likeness (QED) is 0.158. The molecule has 0 bridgehead atoms. The third kappa shape index (κ3) is 6.30. The molecular weight excluding hydrogens is 751 g/mol. The van der Waals surface area contributed by atoms with Gasteiger partial charge in [-0.3, -0.25) is 0 Å². The van der Waals surface area contributed by atoms with Crippen LogP contribution >= 0.6 is 0 Å². The zero-order chi connectivity index (χ0) is 30.7. The second-order valence-electron chi connectivity index (χ2n) is 11.2. The van der Waals surface area contributed by atoms with Crippen molar-refractivity contribution in [2.45, 2.75) is 0 Å². The predicted octanol–water partition coefficient (Wildman–Crippen LogP) is 10.8. The van der Waals surface area contributed by atoms with Crippen LogP contribution in [0.2, 0.25) is 0 Å². The van der Waals surface area contributed by atoms with E-state index < -0.39 is 0 Å². The van der Waals surface area contributed by atoms with Gasteiger partial charge >= 0.3 is 0 Å². The predicted molar refractivity (Wildman–Crippen MR) is 189 cm³/mol. The summed E-state index contributed by atoms with van der Waals surface area (Å²) in [6.07, 6.45) is 1.85. The molecule has 0 saturated carbocycles. The molecule has 3 nitrogen and oxygen atoms in total. The standard InChI is InChI=1S/C43H28N3.Ir/c1-3-10-30(11-4-1)32-18-22-35(23-19-32)40-29-41(36-24-20-33(21-25-36)31-12-5-2-6-13-31)46-43(45-40)38-16-9-15-37(28-38)42-39-17-8-7-14-34(39)26-27-44-42;/h1-14,16-29H;/q-1;. The summed E-state index contributed by atoms with van der Waals surface area (Å²) in [5, 5.41) is 2.23. The van der Waals surface area contributed by atoms with Crippen LogP contribution in [0.3, 0.4) is 0 Å². The number of fused-ring (bicyclic) bond motifs is 1. The zero-order valence-corrected chi connectivity index (χ0v) is 27.7. The molecule has 47 heavy (non-hydrogen) atoms. The molecule has 0 aliphatic rings. The van der Waals surface area contributed by atoms with E-state index >= 15 is 0 Å². The van der Waals surface area contributed by atoms with Crippen molar-refractivity contribution in [2.75, 3.05) is 0 Å². The largest absolute Gasteiger partial charge is 0.304 e. The number of rotatable bonds is 6. The van der Waals surface area contributed by atoms with Crippen LogP contribution < -0.4 is 0 Å². The number of aromatic nitrogens is 3. The Bertz CT molecular complexity index is 2180. The Morgan fingerprint density at radius 3 is 1.53 bits per heavy atom. The van der Waals surface area contributed by atoms with Gasteiger partial charge in [-0.1, -0.05) is 139 Å². The van der Waals surface area contributed by atoms with Crippen molar-refractivity contribution in [1.82, 2.24) is 15.0 Å². The number of hydrogen-bond donors (Lipinski definition) is 0. The molecule has 2 heterocycles. The minimum Gasteiger partial charge on any atom is -0.304 e. The van der Waals surface area contributed by atoms with Crippen molar-refractivity contribution >= 4 is 10.8 Å². The first-order chi connectivity index (χ1) is 22.8. The van der Waals surface area contributed by atoms with Gasteiger partial charge in [0.15, 0.2) is 0 Å². The van der Waals surface area contributed by atoms with Crippen molar-refractivity contribution in [3.8, 4) is 67.4 Å². The number of hydrogen-bond acceptors (Lipinski definition) is 3. The van der Waals surface area contributed by atoms with Crippen LogP contribution in [-0.2, 0) is 20.1 Å². The molecule has 4 heteroatoms. The van der Waals surface area contributed by atoms with Gasteiger partial charge in [-0.15, -0.1) is 29.8 Å².